The van der Waals surface area contributed by atoms with E-state index in [0.29, 0.717) is 5.69 Å². The number of carbonyl (C=O) groups is 2. The lowest BCUT2D eigenvalue weighted by atomic mass is 10.0. The SMILES string of the molecule is COC(C)(C)CC(=O)N(CCC(=O)O)c1ccc(C)cc1. The first-order chi connectivity index (χ1) is 9.75. The second-order valence-corrected chi connectivity index (χ2v) is 5.67. The third-order valence-corrected chi connectivity index (χ3v) is 3.33. The molecule has 0 aliphatic carbocycles. The van der Waals surface area contributed by atoms with Gasteiger partial charge in [-0.25, -0.2) is 0 Å². The van der Waals surface area contributed by atoms with Gasteiger partial charge in [0.2, 0.25) is 5.91 Å². The van der Waals surface area contributed by atoms with Crippen molar-refractivity contribution < 1.29 is 19.4 Å². The molecular weight excluding hydrogens is 270 g/mol. The molecule has 0 aliphatic rings. The monoisotopic (exact) mass is 293 g/mol. The molecule has 21 heavy (non-hydrogen) atoms. The Kier molecular flexibility index (Phi) is 5.90. The van der Waals surface area contributed by atoms with E-state index in [0.717, 1.165) is 5.56 Å². The molecule has 5 heteroatoms. The van der Waals surface area contributed by atoms with Gasteiger partial charge in [0.05, 0.1) is 18.4 Å². The van der Waals surface area contributed by atoms with E-state index in [1.54, 1.807) is 7.11 Å². The predicted octanol–water partition coefficient (Wildman–Crippen LogP) is 2.62. The van der Waals surface area contributed by atoms with Crippen LogP contribution in [0.4, 0.5) is 5.69 Å². The third kappa shape index (κ3) is 5.55. The number of carboxylic acids is 1. The van der Waals surface area contributed by atoms with Gasteiger partial charge in [-0.05, 0) is 32.9 Å². The number of aryl methyl sites for hydroxylation is 1. The highest BCUT2D eigenvalue weighted by molar-refractivity contribution is 5.94. The smallest absolute Gasteiger partial charge is 0.305 e. The molecule has 0 radical (unpaired) electrons. The van der Waals surface area contributed by atoms with Crippen LogP contribution >= 0.6 is 0 Å². The van der Waals surface area contributed by atoms with E-state index in [2.05, 4.69) is 0 Å². The maximum Gasteiger partial charge on any atom is 0.305 e. The number of rotatable bonds is 7. The van der Waals surface area contributed by atoms with Crippen LogP contribution in [0.2, 0.25) is 0 Å². The summed E-state index contributed by atoms with van der Waals surface area (Å²) in [5.41, 5.74) is 1.21. The van der Waals surface area contributed by atoms with Crippen molar-refractivity contribution in [3.8, 4) is 0 Å². The van der Waals surface area contributed by atoms with E-state index in [4.69, 9.17) is 9.84 Å². The summed E-state index contributed by atoms with van der Waals surface area (Å²) >= 11 is 0. The first kappa shape index (κ1) is 17.2. The van der Waals surface area contributed by atoms with Crippen LogP contribution in [0.15, 0.2) is 24.3 Å². The van der Waals surface area contributed by atoms with Crippen molar-refractivity contribution in [3.05, 3.63) is 29.8 Å². The first-order valence-electron chi connectivity index (χ1n) is 6.89. The van der Waals surface area contributed by atoms with Gasteiger partial charge in [0, 0.05) is 19.3 Å². The van der Waals surface area contributed by atoms with Gasteiger partial charge in [0.15, 0.2) is 0 Å². The lowest BCUT2D eigenvalue weighted by Gasteiger charge is -2.28. The minimum Gasteiger partial charge on any atom is -0.481 e. The fourth-order valence-electron chi connectivity index (χ4n) is 1.86. The normalized spacial score (nSPS) is 11.2. The highest BCUT2D eigenvalue weighted by Gasteiger charge is 2.26. The van der Waals surface area contributed by atoms with Crippen LogP contribution in [0.3, 0.4) is 0 Å². The lowest BCUT2D eigenvalue weighted by molar-refractivity contribution is -0.136. The highest BCUT2D eigenvalue weighted by Crippen LogP contribution is 2.21. The topological polar surface area (TPSA) is 66.8 Å². The molecule has 1 rings (SSSR count). The molecule has 0 heterocycles. The quantitative estimate of drug-likeness (QED) is 0.839. The molecule has 1 aromatic carbocycles. The number of aliphatic carboxylic acids is 1. The minimum atomic E-state index is -0.925. The molecule has 1 aromatic rings. The zero-order valence-electron chi connectivity index (χ0n) is 13.0. The summed E-state index contributed by atoms with van der Waals surface area (Å²) in [6.07, 6.45) is 0.101. The number of amides is 1. The Labute approximate surface area is 125 Å². The Bertz CT molecular complexity index is 494. The summed E-state index contributed by atoms with van der Waals surface area (Å²) in [5.74, 6) is -1.07. The van der Waals surface area contributed by atoms with Crippen molar-refractivity contribution in [2.24, 2.45) is 0 Å². The Morgan fingerprint density at radius 3 is 2.29 bits per heavy atom. The molecule has 0 aromatic heterocycles. The van der Waals surface area contributed by atoms with Crippen molar-refractivity contribution in [2.75, 3.05) is 18.6 Å². The van der Waals surface area contributed by atoms with Gasteiger partial charge in [0.25, 0.3) is 0 Å². The van der Waals surface area contributed by atoms with Gasteiger partial charge in [0.1, 0.15) is 0 Å². The molecule has 0 unspecified atom stereocenters. The zero-order chi connectivity index (χ0) is 16.0. The summed E-state index contributed by atoms with van der Waals surface area (Å²) in [5, 5.41) is 8.85. The number of carboxylic acid groups (broad SMARTS) is 1. The van der Waals surface area contributed by atoms with Crippen LogP contribution in [0.25, 0.3) is 0 Å². The van der Waals surface area contributed by atoms with Crippen molar-refractivity contribution >= 4 is 17.6 Å². The Morgan fingerprint density at radius 2 is 1.81 bits per heavy atom. The maximum atomic E-state index is 12.5. The fraction of sp³-hybridized carbons (Fsp3) is 0.500. The minimum absolute atomic E-state index is 0.0903. The van der Waals surface area contributed by atoms with Crippen molar-refractivity contribution in [1.29, 1.82) is 0 Å². The van der Waals surface area contributed by atoms with Gasteiger partial charge >= 0.3 is 5.97 Å². The van der Waals surface area contributed by atoms with Gasteiger partial charge in [-0.3, -0.25) is 9.59 Å². The average molecular weight is 293 g/mol. The molecular formula is C16H23NO4. The van der Waals surface area contributed by atoms with Crippen LogP contribution in [0.5, 0.6) is 0 Å². The molecule has 0 saturated heterocycles. The summed E-state index contributed by atoms with van der Waals surface area (Å²) in [6.45, 7) is 5.77. The number of nitrogens with zero attached hydrogens (tertiary/aromatic N) is 1. The number of hydrogen-bond acceptors (Lipinski definition) is 3. The van der Waals surface area contributed by atoms with Crippen LogP contribution in [0.1, 0.15) is 32.3 Å². The van der Waals surface area contributed by atoms with Gasteiger partial charge in [-0.15, -0.1) is 0 Å². The standard InChI is InChI=1S/C16H23NO4/c1-12-5-7-13(8-6-12)17(10-9-15(19)20)14(18)11-16(2,3)21-4/h5-8H,9-11H2,1-4H3,(H,19,20). The second-order valence-electron chi connectivity index (χ2n) is 5.67. The van der Waals surface area contributed by atoms with Crippen molar-refractivity contribution in [2.45, 2.75) is 39.2 Å². The third-order valence-electron chi connectivity index (χ3n) is 3.33. The molecule has 0 saturated carbocycles. The van der Waals surface area contributed by atoms with E-state index in [9.17, 15) is 9.59 Å². The van der Waals surface area contributed by atoms with E-state index in [-0.39, 0.29) is 25.3 Å². The summed E-state index contributed by atoms with van der Waals surface area (Å²) in [6, 6.07) is 7.46. The van der Waals surface area contributed by atoms with Gasteiger partial charge in [-0.1, -0.05) is 17.7 Å². The van der Waals surface area contributed by atoms with Crippen molar-refractivity contribution in [3.63, 3.8) is 0 Å². The number of benzene rings is 1. The average Bonchev–Trinajstić information content (AvgIpc) is 2.40. The van der Waals surface area contributed by atoms with Crippen molar-refractivity contribution in [1.82, 2.24) is 0 Å². The zero-order valence-corrected chi connectivity index (χ0v) is 13.0. The number of hydrogen-bond donors (Lipinski definition) is 1. The lowest BCUT2D eigenvalue weighted by Crippen LogP contribution is -2.38. The molecule has 0 atom stereocenters. The second kappa shape index (κ2) is 7.22. The van der Waals surface area contributed by atoms with E-state index < -0.39 is 11.6 Å². The van der Waals surface area contributed by atoms with E-state index >= 15 is 0 Å². The molecule has 0 spiro atoms. The molecule has 1 amide bonds. The number of ether oxygens (including phenoxy) is 1. The predicted molar refractivity (Wildman–Crippen MR) is 81.5 cm³/mol. The summed E-state index contributed by atoms with van der Waals surface area (Å²) in [4.78, 5) is 24.8. The van der Waals surface area contributed by atoms with Crippen LogP contribution in [0, 0.1) is 6.92 Å². The number of carbonyl (C=O) groups excluding carboxylic acids is 1. The summed E-state index contributed by atoms with van der Waals surface area (Å²) < 4.78 is 5.28. The Balaban J connectivity index is 2.93. The number of anilines is 1. The molecule has 0 fully saturated rings. The molecule has 5 nitrogen and oxygen atoms in total. The molecule has 0 bridgehead atoms. The molecule has 116 valence electrons. The highest BCUT2D eigenvalue weighted by atomic mass is 16.5. The molecule has 0 aliphatic heterocycles. The maximum absolute atomic E-state index is 12.5. The molecule has 1 N–H and O–H groups in total. The Hall–Kier alpha value is -1.88. The number of methoxy groups -OCH3 is 1. The largest absolute Gasteiger partial charge is 0.481 e. The van der Waals surface area contributed by atoms with E-state index in [1.165, 1.54) is 4.90 Å². The van der Waals surface area contributed by atoms with Crippen LogP contribution in [-0.4, -0.2) is 36.2 Å². The van der Waals surface area contributed by atoms with Crippen LogP contribution in [-0.2, 0) is 14.3 Å². The Morgan fingerprint density at radius 1 is 1.24 bits per heavy atom. The fourth-order valence-corrected chi connectivity index (χ4v) is 1.86. The van der Waals surface area contributed by atoms with E-state index in [1.807, 2.05) is 45.0 Å². The van der Waals surface area contributed by atoms with Gasteiger partial charge in [-0.2, -0.15) is 0 Å². The van der Waals surface area contributed by atoms with Crippen LogP contribution < -0.4 is 4.90 Å². The first-order valence-corrected chi connectivity index (χ1v) is 6.89. The summed E-state index contributed by atoms with van der Waals surface area (Å²) in [7, 11) is 1.56. The van der Waals surface area contributed by atoms with Gasteiger partial charge < -0.3 is 14.7 Å².